The molecule has 1 amide bonds. The Bertz CT molecular complexity index is 929. The molecule has 0 unspecified atom stereocenters. The highest BCUT2D eigenvalue weighted by molar-refractivity contribution is 5.94. The number of rotatable bonds is 8. The fourth-order valence-corrected chi connectivity index (χ4v) is 2.77. The Balaban J connectivity index is 1.45. The molecule has 1 aromatic heterocycles. The van der Waals surface area contributed by atoms with E-state index in [0.717, 1.165) is 0 Å². The first-order chi connectivity index (χ1) is 13.6. The quantitative estimate of drug-likeness (QED) is 0.620. The molecule has 0 spiro atoms. The van der Waals surface area contributed by atoms with Crippen molar-refractivity contribution in [3.63, 3.8) is 0 Å². The predicted octanol–water partition coefficient (Wildman–Crippen LogP) is 3.99. The number of carbonyl (C=O) groups is 1. The molecular weight excluding hydrogens is 360 g/mol. The van der Waals surface area contributed by atoms with Gasteiger partial charge in [-0.25, -0.2) is 13.8 Å². The molecule has 6 heteroatoms. The van der Waals surface area contributed by atoms with E-state index >= 15 is 0 Å². The van der Waals surface area contributed by atoms with Crippen molar-refractivity contribution in [1.82, 2.24) is 10.3 Å². The van der Waals surface area contributed by atoms with Crippen LogP contribution in [0.5, 0.6) is 0 Å². The monoisotopic (exact) mass is 381 g/mol. The second-order valence-electron chi connectivity index (χ2n) is 6.30. The third-order valence-corrected chi connectivity index (χ3v) is 4.32. The van der Waals surface area contributed by atoms with Crippen molar-refractivity contribution in [2.45, 2.75) is 12.8 Å². The van der Waals surface area contributed by atoms with E-state index in [-0.39, 0.29) is 17.5 Å². The molecule has 1 heterocycles. The number of halogens is 2. The van der Waals surface area contributed by atoms with Crippen LogP contribution in [0.3, 0.4) is 0 Å². The van der Waals surface area contributed by atoms with Gasteiger partial charge in [0, 0.05) is 19.3 Å². The second-order valence-corrected chi connectivity index (χ2v) is 6.30. The maximum Gasteiger partial charge on any atom is 0.252 e. The molecule has 0 saturated heterocycles. The summed E-state index contributed by atoms with van der Waals surface area (Å²) in [6.07, 6.45) is 2.43. The zero-order valence-corrected chi connectivity index (χ0v) is 15.3. The van der Waals surface area contributed by atoms with E-state index in [0.29, 0.717) is 48.4 Å². The second kappa shape index (κ2) is 9.60. The first-order valence-corrected chi connectivity index (χ1v) is 9.08. The largest absolute Gasteiger partial charge is 0.370 e. The van der Waals surface area contributed by atoms with Crippen molar-refractivity contribution in [2.24, 2.45) is 0 Å². The summed E-state index contributed by atoms with van der Waals surface area (Å²) < 4.78 is 27.1. The molecule has 144 valence electrons. The van der Waals surface area contributed by atoms with Crippen LogP contribution in [0.2, 0.25) is 0 Å². The summed E-state index contributed by atoms with van der Waals surface area (Å²) in [5, 5.41) is 5.86. The number of amides is 1. The molecule has 0 radical (unpaired) electrons. The molecule has 0 aliphatic carbocycles. The van der Waals surface area contributed by atoms with Crippen molar-refractivity contribution in [3.8, 4) is 0 Å². The van der Waals surface area contributed by atoms with Gasteiger partial charge in [0.2, 0.25) is 0 Å². The van der Waals surface area contributed by atoms with Gasteiger partial charge in [-0.1, -0.05) is 36.4 Å². The Morgan fingerprint density at radius 2 is 1.43 bits per heavy atom. The molecular formula is C22H21F2N3O. The lowest BCUT2D eigenvalue weighted by Gasteiger charge is -2.08. The maximum atomic E-state index is 13.6. The molecule has 4 nitrogen and oxygen atoms in total. The minimum atomic E-state index is -0.274. The van der Waals surface area contributed by atoms with Gasteiger partial charge in [-0.3, -0.25) is 4.79 Å². The van der Waals surface area contributed by atoms with Gasteiger partial charge in [-0.2, -0.15) is 0 Å². The smallest absolute Gasteiger partial charge is 0.252 e. The van der Waals surface area contributed by atoms with E-state index < -0.39 is 0 Å². The number of carbonyl (C=O) groups excluding carboxylic acids is 1. The zero-order valence-electron chi connectivity index (χ0n) is 15.3. The molecule has 3 rings (SSSR count). The van der Waals surface area contributed by atoms with Crippen molar-refractivity contribution in [3.05, 3.63) is 95.2 Å². The summed E-state index contributed by atoms with van der Waals surface area (Å²) in [6, 6.07) is 16.5. The average molecular weight is 381 g/mol. The van der Waals surface area contributed by atoms with Crippen LogP contribution in [0.1, 0.15) is 21.5 Å². The summed E-state index contributed by atoms with van der Waals surface area (Å²) >= 11 is 0. The SMILES string of the molecule is O=C(NCCc1ccccc1F)c1ccc(NCCc2ccccc2F)nc1. The van der Waals surface area contributed by atoms with E-state index in [4.69, 9.17) is 0 Å². The number of aromatic nitrogens is 1. The van der Waals surface area contributed by atoms with Gasteiger partial charge in [0.15, 0.2) is 0 Å². The average Bonchev–Trinajstić information content (AvgIpc) is 2.71. The summed E-state index contributed by atoms with van der Waals surface area (Å²) in [7, 11) is 0. The normalized spacial score (nSPS) is 10.5. The van der Waals surface area contributed by atoms with E-state index in [1.54, 1.807) is 48.5 Å². The lowest BCUT2D eigenvalue weighted by Crippen LogP contribution is -2.26. The van der Waals surface area contributed by atoms with E-state index in [1.807, 2.05) is 0 Å². The van der Waals surface area contributed by atoms with Crippen molar-refractivity contribution < 1.29 is 13.6 Å². The molecule has 0 aliphatic rings. The van der Waals surface area contributed by atoms with Crippen LogP contribution in [0.25, 0.3) is 0 Å². The predicted molar refractivity (Wildman–Crippen MR) is 105 cm³/mol. The van der Waals surface area contributed by atoms with Crippen LogP contribution in [-0.4, -0.2) is 24.0 Å². The van der Waals surface area contributed by atoms with Crippen LogP contribution in [0.4, 0.5) is 14.6 Å². The number of anilines is 1. The minimum absolute atomic E-state index is 0.223. The van der Waals surface area contributed by atoms with Crippen molar-refractivity contribution in [2.75, 3.05) is 18.4 Å². The van der Waals surface area contributed by atoms with Gasteiger partial charge in [-0.05, 0) is 48.2 Å². The number of benzene rings is 2. The van der Waals surface area contributed by atoms with Gasteiger partial charge < -0.3 is 10.6 Å². The van der Waals surface area contributed by atoms with Crippen LogP contribution in [0, 0.1) is 11.6 Å². The summed E-state index contributed by atoms with van der Waals surface area (Å²) in [5.41, 5.74) is 1.63. The molecule has 3 aromatic rings. The Hall–Kier alpha value is -3.28. The molecule has 0 saturated carbocycles. The molecule has 0 fully saturated rings. The number of hydrogen-bond donors (Lipinski definition) is 2. The van der Waals surface area contributed by atoms with Crippen molar-refractivity contribution >= 4 is 11.7 Å². The molecule has 0 atom stereocenters. The fourth-order valence-electron chi connectivity index (χ4n) is 2.77. The number of hydrogen-bond acceptors (Lipinski definition) is 3. The Kier molecular flexibility index (Phi) is 6.68. The highest BCUT2D eigenvalue weighted by Crippen LogP contribution is 2.10. The minimum Gasteiger partial charge on any atom is -0.370 e. The molecule has 2 aromatic carbocycles. The molecule has 2 N–H and O–H groups in total. The number of nitrogens with one attached hydrogen (secondary N) is 2. The highest BCUT2D eigenvalue weighted by atomic mass is 19.1. The number of pyridine rings is 1. The maximum absolute atomic E-state index is 13.6. The third kappa shape index (κ3) is 5.36. The van der Waals surface area contributed by atoms with E-state index in [1.165, 1.54) is 18.3 Å². The number of nitrogens with zero attached hydrogens (tertiary/aromatic N) is 1. The van der Waals surface area contributed by atoms with Crippen LogP contribution >= 0.6 is 0 Å². The van der Waals surface area contributed by atoms with E-state index in [2.05, 4.69) is 15.6 Å². The molecule has 28 heavy (non-hydrogen) atoms. The van der Waals surface area contributed by atoms with E-state index in [9.17, 15) is 13.6 Å². The van der Waals surface area contributed by atoms with Gasteiger partial charge in [0.1, 0.15) is 17.5 Å². The molecule has 0 bridgehead atoms. The lowest BCUT2D eigenvalue weighted by molar-refractivity contribution is 0.0953. The fraction of sp³-hybridized carbons (Fsp3) is 0.182. The van der Waals surface area contributed by atoms with Gasteiger partial charge in [0.25, 0.3) is 5.91 Å². The van der Waals surface area contributed by atoms with Gasteiger partial charge >= 0.3 is 0 Å². The summed E-state index contributed by atoms with van der Waals surface area (Å²) in [6.45, 7) is 0.866. The summed E-state index contributed by atoms with van der Waals surface area (Å²) in [5.74, 6) is -0.148. The van der Waals surface area contributed by atoms with Crippen LogP contribution in [0.15, 0.2) is 66.9 Å². The lowest BCUT2D eigenvalue weighted by atomic mass is 10.1. The topological polar surface area (TPSA) is 54.0 Å². The van der Waals surface area contributed by atoms with Crippen LogP contribution in [-0.2, 0) is 12.8 Å². The van der Waals surface area contributed by atoms with Gasteiger partial charge in [-0.15, -0.1) is 0 Å². The Morgan fingerprint density at radius 1 is 0.821 bits per heavy atom. The summed E-state index contributed by atoms with van der Waals surface area (Å²) in [4.78, 5) is 16.4. The first-order valence-electron chi connectivity index (χ1n) is 9.08. The zero-order chi connectivity index (χ0) is 19.8. The van der Waals surface area contributed by atoms with Crippen molar-refractivity contribution in [1.29, 1.82) is 0 Å². The first kappa shape index (κ1) is 19.5. The Labute approximate surface area is 162 Å². The Morgan fingerprint density at radius 3 is 2.00 bits per heavy atom. The third-order valence-electron chi connectivity index (χ3n) is 4.32. The highest BCUT2D eigenvalue weighted by Gasteiger charge is 2.07. The standard InChI is InChI=1S/C22H21F2N3O/c23-19-7-3-1-5-16(19)11-13-25-21-10-9-18(15-27-21)22(28)26-14-12-17-6-2-4-8-20(17)24/h1-10,15H,11-14H2,(H,25,27)(H,26,28). The molecule has 0 aliphatic heterocycles. The van der Waals surface area contributed by atoms with Gasteiger partial charge in [0.05, 0.1) is 5.56 Å². The van der Waals surface area contributed by atoms with Crippen LogP contribution < -0.4 is 10.6 Å².